The van der Waals surface area contributed by atoms with Gasteiger partial charge in [-0.1, -0.05) is 0 Å². The van der Waals surface area contributed by atoms with Gasteiger partial charge in [-0.15, -0.1) is 0 Å². The number of nitrogens with two attached hydrogens (primary N) is 1. The van der Waals surface area contributed by atoms with E-state index in [1.807, 2.05) is 13.0 Å². The van der Waals surface area contributed by atoms with Gasteiger partial charge in [0.25, 0.3) is 0 Å². The molecule has 0 spiro atoms. The lowest BCUT2D eigenvalue weighted by Crippen LogP contribution is -2.30. The second kappa shape index (κ2) is 6.04. The highest BCUT2D eigenvalue weighted by molar-refractivity contribution is 5.29. The van der Waals surface area contributed by atoms with Crippen molar-refractivity contribution in [2.45, 2.75) is 13.0 Å². The molecule has 0 aliphatic rings. The minimum Gasteiger partial charge on any atom is -0.492 e. The molecule has 0 bridgehead atoms. The van der Waals surface area contributed by atoms with Crippen molar-refractivity contribution in [1.29, 1.82) is 0 Å². The zero-order valence-electron chi connectivity index (χ0n) is 10.1. The van der Waals surface area contributed by atoms with Crippen molar-refractivity contribution < 1.29 is 4.74 Å². The van der Waals surface area contributed by atoms with Crippen LogP contribution < -0.4 is 16.0 Å². The van der Waals surface area contributed by atoms with Gasteiger partial charge in [0, 0.05) is 18.6 Å². The van der Waals surface area contributed by atoms with Crippen LogP contribution in [-0.2, 0) is 0 Å². The monoisotopic (exact) mass is 245 g/mol. The van der Waals surface area contributed by atoms with E-state index >= 15 is 0 Å². The Hall–Kier alpha value is -2.05. The molecule has 0 aromatic carbocycles. The lowest BCUT2D eigenvalue weighted by Gasteiger charge is -2.15. The largest absolute Gasteiger partial charge is 0.492 e. The molecular weight excluding hydrogens is 230 g/mol. The molecule has 1 atom stereocenters. The number of hydrogen-bond donors (Lipinski definition) is 2. The molecule has 0 saturated carbocycles. The predicted octanol–water partition coefficient (Wildman–Crippen LogP) is 0.823. The van der Waals surface area contributed by atoms with Crippen LogP contribution >= 0.6 is 0 Å². The average Bonchev–Trinajstić information content (AvgIpc) is 2.42. The smallest absolute Gasteiger partial charge is 0.150 e. The Balaban J connectivity index is 2.30. The van der Waals surface area contributed by atoms with E-state index in [0.717, 1.165) is 5.56 Å². The topological polar surface area (TPSA) is 86.0 Å². The third kappa shape index (κ3) is 2.79. The number of nitrogens with one attached hydrogen (secondary N) is 1. The highest BCUT2D eigenvalue weighted by atomic mass is 16.5. The molecule has 0 saturated heterocycles. The molecule has 3 N–H and O–H groups in total. The number of aromatic nitrogens is 3. The van der Waals surface area contributed by atoms with Gasteiger partial charge in [-0.2, -0.15) is 0 Å². The number of hydrazine groups is 1. The first-order valence-electron chi connectivity index (χ1n) is 5.66. The SMILES string of the molecule is CCOc1cncc(C(NN)c2ncccn2)c1. The van der Waals surface area contributed by atoms with Gasteiger partial charge >= 0.3 is 0 Å². The maximum Gasteiger partial charge on any atom is 0.150 e. The Morgan fingerprint density at radius 1 is 1.33 bits per heavy atom. The lowest BCUT2D eigenvalue weighted by atomic mass is 10.1. The summed E-state index contributed by atoms with van der Waals surface area (Å²) in [6, 6.07) is 3.32. The molecule has 0 amide bonds. The van der Waals surface area contributed by atoms with E-state index in [2.05, 4.69) is 20.4 Å². The standard InChI is InChI=1S/C12H15N5O/c1-2-18-10-6-9(7-14-8-10)11(17-13)12-15-4-3-5-16-12/h3-8,11,17H,2,13H2,1H3. The minimum atomic E-state index is -0.306. The van der Waals surface area contributed by atoms with Crippen LogP contribution in [0.3, 0.4) is 0 Å². The number of nitrogens with zero attached hydrogens (tertiary/aromatic N) is 3. The van der Waals surface area contributed by atoms with Gasteiger partial charge in [-0.3, -0.25) is 10.8 Å². The van der Waals surface area contributed by atoms with E-state index in [4.69, 9.17) is 10.6 Å². The van der Waals surface area contributed by atoms with Crippen LogP contribution in [0.15, 0.2) is 36.9 Å². The van der Waals surface area contributed by atoms with Crippen molar-refractivity contribution in [3.63, 3.8) is 0 Å². The summed E-state index contributed by atoms with van der Waals surface area (Å²) < 4.78 is 5.41. The van der Waals surface area contributed by atoms with Crippen molar-refractivity contribution in [3.8, 4) is 5.75 Å². The van der Waals surface area contributed by atoms with Crippen molar-refractivity contribution in [1.82, 2.24) is 20.4 Å². The average molecular weight is 245 g/mol. The van der Waals surface area contributed by atoms with E-state index in [0.29, 0.717) is 18.2 Å². The number of pyridine rings is 1. The third-order valence-corrected chi connectivity index (χ3v) is 2.39. The van der Waals surface area contributed by atoms with Crippen LogP contribution in [0, 0.1) is 0 Å². The molecule has 0 fully saturated rings. The molecular formula is C12H15N5O. The fraction of sp³-hybridized carbons (Fsp3) is 0.250. The first kappa shape index (κ1) is 12.4. The Morgan fingerprint density at radius 3 is 2.78 bits per heavy atom. The van der Waals surface area contributed by atoms with Crippen LogP contribution in [0.5, 0.6) is 5.75 Å². The van der Waals surface area contributed by atoms with E-state index in [-0.39, 0.29) is 6.04 Å². The van der Waals surface area contributed by atoms with Crippen LogP contribution in [0.4, 0.5) is 0 Å². The zero-order valence-corrected chi connectivity index (χ0v) is 10.1. The second-order valence-corrected chi connectivity index (χ2v) is 3.59. The van der Waals surface area contributed by atoms with Gasteiger partial charge in [0.2, 0.25) is 0 Å². The van der Waals surface area contributed by atoms with E-state index < -0.39 is 0 Å². The molecule has 2 heterocycles. The Bertz CT molecular complexity index is 491. The van der Waals surface area contributed by atoms with Crippen molar-refractivity contribution in [2.75, 3.05) is 6.61 Å². The summed E-state index contributed by atoms with van der Waals surface area (Å²) in [7, 11) is 0. The fourth-order valence-corrected chi connectivity index (χ4v) is 1.62. The summed E-state index contributed by atoms with van der Waals surface area (Å²) in [5.41, 5.74) is 3.54. The molecule has 0 radical (unpaired) electrons. The Kier molecular flexibility index (Phi) is 4.16. The first-order valence-corrected chi connectivity index (χ1v) is 5.66. The minimum absolute atomic E-state index is 0.306. The van der Waals surface area contributed by atoms with Gasteiger partial charge in [0.1, 0.15) is 11.8 Å². The highest BCUT2D eigenvalue weighted by Gasteiger charge is 2.15. The summed E-state index contributed by atoms with van der Waals surface area (Å²) in [4.78, 5) is 12.5. The van der Waals surface area contributed by atoms with Crippen molar-refractivity contribution in [2.24, 2.45) is 5.84 Å². The molecule has 94 valence electrons. The third-order valence-electron chi connectivity index (χ3n) is 2.39. The van der Waals surface area contributed by atoms with Gasteiger partial charge in [0.15, 0.2) is 5.82 Å². The molecule has 6 nitrogen and oxygen atoms in total. The normalized spacial score (nSPS) is 12.1. The fourth-order valence-electron chi connectivity index (χ4n) is 1.62. The van der Waals surface area contributed by atoms with E-state index in [9.17, 15) is 0 Å². The van der Waals surface area contributed by atoms with Crippen molar-refractivity contribution in [3.05, 3.63) is 48.3 Å². The summed E-state index contributed by atoms with van der Waals surface area (Å²) in [6.45, 7) is 2.51. The van der Waals surface area contributed by atoms with Crippen LogP contribution in [-0.4, -0.2) is 21.6 Å². The van der Waals surface area contributed by atoms with Gasteiger partial charge in [-0.05, 0) is 24.6 Å². The van der Waals surface area contributed by atoms with Crippen LogP contribution in [0.1, 0.15) is 24.4 Å². The first-order chi connectivity index (χ1) is 8.85. The Labute approximate surface area is 105 Å². The van der Waals surface area contributed by atoms with Gasteiger partial charge in [-0.25, -0.2) is 15.4 Å². The molecule has 6 heteroatoms. The molecule has 18 heavy (non-hydrogen) atoms. The molecule has 1 unspecified atom stereocenters. The van der Waals surface area contributed by atoms with Crippen molar-refractivity contribution >= 4 is 0 Å². The lowest BCUT2D eigenvalue weighted by molar-refractivity contribution is 0.338. The van der Waals surface area contributed by atoms with Crippen LogP contribution in [0.2, 0.25) is 0 Å². The maximum atomic E-state index is 5.56. The molecule has 2 rings (SSSR count). The summed E-state index contributed by atoms with van der Waals surface area (Å²) >= 11 is 0. The quantitative estimate of drug-likeness (QED) is 0.599. The Morgan fingerprint density at radius 2 is 2.11 bits per heavy atom. The summed E-state index contributed by atoms with van der Waals surface area (Å²) in [5.74, 6) is 6.86. The summed E-state index contributed by atoms with van der Waals surface area (Å²) in [6.07, 6.45) is 6.72. The number of rotatable bonds is 5. The van der Waals surface area contributed by atoms with Gasteiger partial charge in [0.05, 0.1) is 12.8 Å². The second-order valence-electron chi connectivity index (χ2n) is 3.59. The maximum absolute atomic E-state index is 5.56. The van der Waals surface area contributed by atoms with E-state index in [1.54, 1.807) is 30.9 Å². The molecule has 2 aromatic heterocycles. The number of hydrogen-bond acceptors (Lipinski definition) is 6. The van der Waals surface area contributed by atoms with E-state index in [1.165, 1.54) is 0 Å². The van der Waals surface area contributed by atoms with Gasteiger partial charge < -0.3 is 4.74 Å². The molecule has 2 aromatic rings. The molecule has 0 aliphatic carbocycles. The number of ether oxygens (including phenoxy) is 1. The van der Waals surface area contributed by atoms with Crippen LogP contribution in [0.25, 0.3) is 0 Å². The summed E-state index contributed by atoms with van der Waals surface area (Å²) in [5, 5.41) is 0. The predicted molar refractivity (Wildman–Crippen MR) is 66.6 cm³/mol. The highest BCUT2D eigenvalue weighted by Crippen LogP contribution is 2.20. The zero-order chi connectivity index (χ0) is 12.8. The molecule has 0 aliphatic heterocycles.